The van der Waals surface area contributed by atoms with Gasteiger partial charge < -0.3 is 9.53 Å². The third-order valence-electron chi connectivity index (χ3n) is 11.2. The van der Waals surface area contributed by atoms with Crippen LogP contribution in [0, 0.1) is 34.5 Å². The average Bonchev–Trinajstić information content (AvgIpc) is 3.05. The summed E-state index contributed by atoms with van der Waals surface area (Å²) < 4.78 is 6.88. The Morgan fingerprint density at radius 3 is 2.41 bits per heavy atom. The molecule has 182 valence electrons. The van der Waals surface area contributed by atoms with Crippen molar-refractivity contribution in [3.8, 4) is 0 Å². The van der Waals surface area contributed by atoms with Crippen LogP contribution in [0.15, 0.2) is 23.3 Å². The van der Waals surface area contributed by atoms with Gasteiger partial charge in [0.25, 0.3) is 0 Å². The minimum absolute atomic E-state index is 0.277. The van der Waals surface area contributed by atoms with Crippen LogP contribution in [-0.2, 0) is 4.43 Å². The summed E-state index contributed by atoms with van der Waals surface area (Å²) >= 11 is 0. The predicted molar refractivity (Wildman–Crippen MR) is 138 cm³/mol. The van der Waals surface area contributed by atoms with Gasteiger partial charge in [-0.05, 0) is 97.6 Å². The van der Waals surface area contributed by atoms with Crippen molar-refractivity contribution in [2.24, 2.45) is 34.5 Å². The highest BCUT2D eigenvalue weighted by Gasteiger charge is 2.57. The van der Waals surface area contributed by atoms with Gasteiger partial charge in [-0.25, -0.2) is 0 Å². The van der Waals surface area contributed by atoms with E-state index in [1.54, 1.807) is 11.1 Å². The Kier molecular flexibility index (Phi) is 6.48. The van der Waals surface area contributed by atoms with Gasteiger partial charge >= 0.3 is 0 Å². The first-order chi connectivity index (χ1) is 14.9. The molecule has 2 nitrogen and oxygen atoms in total. The fourth-order valence-electron chi connectivity index (χ4n) is 8.02. The van der Waals surface area contributed by atoms with E-state index in [0.717, 1.165) is 24.7 Å². The summed E-state index contributed by atoms with van der Waals surface area (Å²) in [4.78, 5) is 0. The van der Waals surface area contributed by atoms with Crippen molar-refractivity contribution >= 4 is 8.32 Å². The van der Waals surface area contributed by atoms with Gasteiger partial charge in [0.1, 0.15) is 0 Å². The van der Waals surface area contributed by atoms with Gasteiger partial charge in [0.15, 0.2) is 8.32 Å². The number of aliphatic hydroxyl groups excluding tert-OH is 1. The van der Waals surface area contributed by atoms with Crippen molar-refractivity contribution in [3.05, 3.63) is 23.3 Å². The standard InChI is InChI=1S/C29H50O2Si/c1-9-20(19-30)24-12-13-25-23-11-10-21-18-22(31-32(7,8)27(2,3)4)14-16-28(21,5)26(23)15-17-29(24,25)6/h10-11,20,22,24-26,30H,9,12-19H2,1-8H3/t20?,22-,24+,25-,26-,28-,29+/m0/s1. The number of hydrogen-bond donors (Lipinski definition) is 1. The monoisotopic (exact) mass is 458 g/mol. The predicted octanol–water partition coefficient (Wildman–Crippen LogP) is 7.89. The molecule has 0 aromatic rings. The third kappa shape index (κ3) is 3.83. The molecule has 0 radical (unpaired) electrons. The van der Waals surface area contributed by atoms with Crippen molar-refractivity contribution < 1.29 is 9.53 Å². The SMILES string of the molecule is CCC(CO)[C@H]1CC[C@H]2C3=CC=C4C[C@@H](O[Si](C)(C)C(C)(C)C)CC[C@]4(C)[C@H]3CC[C@]12C. The number of fused-ring (bicyclic) bond motifs is 5. The molecule has 0 amide bonds. The van der Waals surface area contributed by atoms with E-state index < -0.39 is 8.32 Å². The maximum atomic E-state index is 10.0. The maximum absolute atomic E-state index is 10.0. The van der Waals surface area contributed by atoms with Gasteiger partial charge in [0.05, 0.1) is 0 Å². The first kappa shape index (κ1) is 24.7. The van der Waals surface area contributed by atoms with Gasteiger partial charge in [0, 0.05) is 12.7 Å². The van der Waals surface area contributed by atoms with Gasteiger partial charge in [-0.1, -0.05) is 71.3 Å². The highest BCUT2D eigenvalue weighted by Crippen LogP contribution is 2.66. The van der Waals surface area contributed by atoms with Crippen molar-refractivity contribution in [2.45, 2.75) is 117 Å². The molecule has 0 heterocycles. The van der Waals surface area contributed by atoms with Crippen molar-refractivity contribution in [1.29, 1.82) is 0 Å². The van der Waals surface area contributed by atoms with E-state index in [9.17, 15) is 5.11 Å². The van der Waals surface area contributed by atoms with Crippen LogP contribution in [0.4, 0.5) is 0 Å². The lowest BCUT2D eigenvalue weighted by Crippen LogP contribution is -2.49. The molecule has 32 heavy (non-hydrogen) atoms. The first-order valence-corrected chi connectivity index (χ1v) is 16.5. The first-order valence-electron chi connectivity index (χ1n) is 13.6. The number of aliphatic hydroxyl groups is 1. The van der Waals surface area contributed by atoms with E-state index in [1.165, 1.54) is 38.5 Å². The van der Waals surface area contributed by atoms with Crippen LogP contribution < -0.4 is 0 Å². The second kappa shape index (κ2) is 8.38. The summed E-state index contributed by atoms with van der Waals surface area (Å²) in [5.74, 6) is 2.62. The van der Waals surface area contributed by atoms with E-state index in [-0.39, 0.29) is 5.04 Å². The van der Waals surface area contributed by atoms with E-state index >= 15 is 0 Å². The minimum Gasteiger partial charge on any atom is -0.414 e. The molecule has 0 aromatic heterocycles. The molecule has 3 fully saturated rings. The summed E-state index contributed by atoms with van der Waals surface area (Å²) in [7, 11) is -1.72. The summed E-state index contributed by atoms with van der Waals surface area (Å²) in [5.41, 5.74) is 4.15. The largest absolute Gasteiger partial charge is 0.414 e. The maximum Gasteiger partial charge on any atom is 0.192 e. The van der Waals surface area contributed by atoms with Crippen LogP contribution in [-0.4, -0.2) is 26.1 Å². The fourth-order valence-corrected chi connectivity index (χ4v) is 9.41. The van der Waals surface area contributed by atoms with Crippen LogP contribution in [0.2, 0.25) is 18.1 Å². The minimum atomic E-state index is -1.72. The van der Waals surface area contributed by atoms with Gasteiger partial charge in [-0.2, -0.15) is 0 Å². The number of allylic oxidation sites excluding steroid dienone is 3. The molecule has 3 saturated carbocycles. The number of rotatable bonds is 5. The highest BCUT2D eigenvalue weighted by atomic mass is 28.4. The lowest BCUT2D eigenvalue weighted by molar-refractivity contribution is 0.0213. The Bertz CT molecular complexity index is 771. The zero-order chi connectivity index (χ0) is 23.5. The van der Waals surface area contributed by atoms with Crippen molar-refractivity contribution in [3.63, 3.8) is 0 Å². The molecular weight excluding hydrogens is 408 g/mol. The second-order valence-electron chi connectivity index (χ2n) is 13.7. The molecule has 7 atom stereocenters. The van der Waals surface area contributed by atoms with E-state index in [4.69, 9.17) is 4.43 Å². The topological polar surface area (TPSA) is 29.5 Å². The van der Waals surface area contributed by atoms with Gasteiger partial charge in [0.2, 0.25) is 0 Å². The van der Waals surface area contributed by atoms with E-state index in [2.05, 4.69) is 66.8 Å². The van der Waals surface area contributed by atoms with Crippen LogP contribution in [0.25, 0.3) is 0 Å². The summed E-state index contributed by atoms with van der Waals surface area (Å²) in [5, 5.41) is 10.3. The molecular formula is C29H50O2Si. The van der Waals surface area contributed by atoms with Crippen LogP contribution in [0.3, 0.4) is 0 Å². The molecule has 3 heteroatoms. The van der Waals surface area contributed by atoms with E-state index in [1.807, 2.05) is 0 Å². The normalized spacial score (nSPS) is 40.7. The lowest BCUT2D eigenvalue weighted by atomic mass is 9.50. The fraction of sp³-hybridized carbons (Fsp3) is 0.862. The number of hydrogen-bond acceptors (Lipinski definition) is 2. The van der Waals surface area contributed by atoms with Crippen molar-refractivity contribution in [2.75, 3.05) is 6.61 Å². The van der Waals surface area contributed by atoms with Crippen LogP contribution in [0.5, 0.6) is 0 Å². The Labute approximate surface area is 199 Å². The second-order valence-corrected chi connectivity index (χ2v) is 18.5. The molecule has 4 aliphatic carbocycles. The van der Waals surface area contributed by atoms with Crippen LogP contribution >= 0.6 is 0 Å². The molecule has 1 unspecified atom stereocenters. The van der Waals surface area contributed by atoms with Gasteiger partial charge in [-0.15, -0.1) is 0 Å². The molecule has 0 saturated heterocycles. The molecule has 1 N–H and O–H groups in total. The molecule has 0 spiro atoms. The van der Waals surface area contributed by atoms with E-state index in [0.29, 0.717) is 35.4 Å². The summed E-state index contributed by atoms with van der Waals surface area (Å²) in [6, 6.07) is 0. The quantitative estimate of drug-likeness (QED) is 0.424. The third-order valence-corrected chi connectivity index (χ3v) is 15.7. The Hall–Kier alpha value is -0.383. The molecule has 4 rings (SSSR count). The average molecular weight is 459 g/mol. The zero-order valence-corrected chi connectivity index (χ0v) is 23.3. The summed E-state index contributed by atoms with van der Waals surface area (Å²) in [6.45, 7) is 19.7. The van der Waals surface area contributed by atoms with Crippen molar-refractivity contribution in [1.82, 2.24) is 0 Å². The molecule has 0 aliphatic heterocycles. The lowest BCUT2D eigenvalue weighted by Gasteiger charge is -2.56. The van der Waals surface area contributed by atoms with Gasteiger partial charge in [-0.3, -0.25) is 0 Å². The Morgan fingerprint density at radius 2 is 1.78 bits per heavy atom. The Morgan fingerprint density at radius 1 is 1.06 bits per heavy atom. The highest BCUT2D eigenvalue weighted by molar-refractivity contribution is 6.74. The Balaban J connectivity index is 1.56. The van der Waals surface area contributed by atoms with Crippen LogP contribution in [0.1, 0.15) is 92.9 Å². The molecule has 4 aliphatic rings. The molecule has 0 aromatic carbocycles. The summed E-state index contributed by atoms with van der Waals surface area (Å²) in [6.07, 6.45) is 15.5. The zero-order valence-electron chi connectivity index (χ0n) is 22.3. The smallest absolute Gasteiger partial charge is 0.192 e. The molecule has 0 bridgehead atoms.